The average Bonchev–Trinajstić information content (AvgIpc) is 2.00. The van der Waals surface area contributed by atoms with Crippen LogP contribution in [0.5, 0.6) is 0 Å². The lowest BCUT2D eigenvalue weighted by atomic mass is 10.1. The van der Waals surface area contributed by atoms with Crippen LogP contribution in [0.3, 0.4) is 0 Å². The molecule has 3 N–H and O–H groups in total. The molecule has 0 aliphatic heterocycles. The van der Waals surface area contributed by atoms with Gasteiger partial charge in [-0.15, -0.1) is 0 Å². The zero-order valence-electron chi connectivity index (χ0n) is 5.21. The van der Waals surface area contributed by atoms with Gasteiger partial charge in [0.05, 0.1) is 11.9 Å². The van der Waals surface area contributed by atoms with Crippen LogP contribution >= 0.6 is 12.6 Å². The van der Waals surface area contributed by atoms with Crippen LogP contribution in [-0.2, 0) is 4.79 Å². The molecule has 0 fully saturated rings. The summed E-state index contributed by atoms with van der Waals surface area (Å²) in [5, 5.41) is 24.9. The van der Waals surface area contributed by atoms with Crippen LogP contribution in [0, 0.1) is 0 Å². The molecule has 60 valence electrons. The minimum atomic E-state index is -1.30. The number of rotatable bonds is 4. The van der Waals surface area contributed by atoms with Crippen molar-refractivity contribution in [2.24, 2.45) is 0 Å². The Hall–Kier alpha value is -0.100. The van der Waals surface area contributed by atoms with Gasteiger partial charge in [-0.2, -0.15) is 12.6 Å². The highest BCUT2D eigenvalue weighted by Crippen LogP contribution is 2.03. The van der Waals surface area contributed by atoms with Crippen LogP contribution in [0.4, 0.5) is 0 Å². The van der Waals surface area contributed by atoms with Crippen molar-refractivity contribution in [3.63, 3.8) is 0 Å². The monoisotopic (exact) mass is 166 g/mol. The van der Waals surface area contributed by atoms with Gasteiger partial charge in [0.2, 0.25) is 0 Å². The molecular weight excluding hydrogens is 156 g/mol. The topological polar surface area (TPSA) is 77.8 Å². The Kier molecular flexibility index (Phi) is 4.63. The van der Waals surface area contributed by atoms with Gasteiger partial charge >= 0.3 is 0 Å². The van der Waals surface area contributed by atoms with E-state index in [1.807, 2.05) is 0 Å². The second-order valence-corrected chi connectivity index (χ2v) is 2.46. The van der Waals surface area contributed by atoms with E-state index in [0.717, 1.165) is 0 Å². The molecule has 0 amide bonds. The average molecular weight is 166 g/mol. The predicted octanol–water partition coefficient (Wildman–Crippen LogP) is -1.80. The van der Waals surface area contributed by atoms with Crippen LogP contribution in [0.1, 0.15) is 0 Å². The Bertz CT molecular complexity index is 108. The van der Waals surface area contributed by atoms with E-state index in [2.05, 4.69) is 12.6 Å². The second-order valence-electron chi connectivity index (χ2n) is 1.87. The van der Waals surface area contributed by atoms with Gasteiger partial charge in [0.1, 0.15) is 18.5 Å². The van der Waals surface area contributed by atoms with Crippen molar-refractivity contribution in [2.45, 2.75) is 17.5 Å². The van der Waals surface area contributed by atoms with Crippen molar-refractivity contribution in [3.05, 3.63) is 0 Å². The van der Waals surface area contributed by atoms with Crippen LogP contribution in [0.15, 0.2) is 0 Å². The molecule has 0 spiro atoms. The molecule has 0 saturated heterocycles. The summed E-state index contributed by atoms with van der Waals surface area (Å²) in [5.41, 5.74) is 0. The van der Waals surface area contributed by atoms with E-state index < -0.39 is 24.1 Å². The number of aldehydes is 1. The van der Waals surface area contributed by atoms with Crippen molar-refractivity contribution < 1.29 is 20.1 Å². The van der Waals surface area contributed by atoms with E-state index in [1.54, 1.807) is 0 Å². The molecule has 0 heterocycles. The SMILES string of the molecule is O=C[C@H](S)[C@@H](O)[C@@H](O)CO. The first-order valence-corrected chi connectivity index (χ1v) is 3.25. The van der Waals surface area contributed by atoms with Crippen molar-refractivity contribution in [1.29, 1.82) is 0 Å². The maximum absolute atomic E-state index is 9.94. The number of carbonyl (C=O) groups excluding carboxylic acids is 1. The molecule has 0 saturated carbocycles. The Labute approximate surface area is 63.9 Å². The number of thiol groups is 1. The molecule has 0 aromatic carbocycles. The van der Waals surface area contributed by atoms with Gasteiger partial charge in [0.15, 0.2) is 0 Å². The lowest BCUT2D eigenvalue weighted by Crippen LogP contribution is -2.37. The zero-order valence-corrected chi connectivity index (χ0v) is 6.11. The number of aliphatic hydroxyl groups is 3. The van der Waals surface area contributed by atoms with E-state index >= 15 is 0 Å². The summed E-state index contributed by atoms with van der Waals surface area (Å²) >= 11 is 3.63. The van der Waals surface area contributed by atoms with Crippen molar-refractivity contribution in [3.8, 4) is 0 Å². The fourth-order valence-corrected chi connectivity index (χ4v) is 0.615. The number of aliphatic hydroxyl groups excluding tert-OH is 3. The highest BCUT2D eigenvalue weighted by atomic mass is 32.1. The molecule has 0 unspecified atom stereocenters. The first kappa shape index (κ1) is 9.90. The Morgan fingerprint density at radius 3 is 2.30 bits per heavy atom. The molecule has 0 bridgehead atoms. The molecule has 0 aliphatic carbocycles. The van der Waals surface area contributed by atoms with Gasteiger partial charge in [0, 0.05) is 0 Å². The van der Waals surface area contributed by atoms with E-state index in [-0.39, 0.29) is 0 Å². The summed E-state index contributed by atoms with van der Waals surface area (Å²) < 4.78 is 0. The summed E-state index contributed by atoms with van der Waals surface area (Å²) in [6, 6.07) is 0. The van der Waals surface area contributed by atoms with Gasteiger partial charge in [-0.25, -0.2) is 0 Å². The molecule has 0 rings (SSSR count). The quantitative estimate of drug-likeness (QED) is 0.293. The molecule has 5 heteroatoms. The third kappa shape index (κ3) is 2.66. The molecule has 4 nitrogen and oxygen atoms in total. The molecule has 0 radical (unpaired) electrons. The minimum absolute atomic E-state index is 0.395. The predicted molar refractivity (Wildman–Crippen MR) is 37.9 cm³/mol. The summed E-state index contributed by atoms with van der Waals surface area (Å²) in [5.74, 6) is 0. The normalized spacial score (nSPS) is 19.6. The molecule has 0 aliphatic rings. The molecular formula is C5H10O4S. The fourth-order valence-electron chi connectivity index (χ4n) is 0.416. The van der Waals surface area contributed by atoms with E-state index in [0.29, 0.717) is 6.29 Å². The van der Waals surface area contributed by atoms with Gasteiger partial charge in [-0.1, -0.05) is 0 Å². The standard InChI is InChI=1S/C5H10O4S/c6-1-3(8)5(9)4(10)2-7/h2-6,8-10H,1H2/t3-,4-,5-/m0/s1. The molecule has 0 aromatic rings. The third-order valence-corrected chi connectivity index (χ3v) is 1.50. The first-order chi connectivity index (χ1) is 4.63. The molecule has 0 aromatic heterocycles. The maximum atomic E-state index is 9.94. The summed E-state index contributed by atoms with van der Waals surface area (Å²) in [6.45, 7) is -0.577. The van der Waals surface area contributed by atoms with Crippen molar-refractivity contribution in [1.82, 2.24) is 0 Å². The van der Waals surface area contributed by atoms with Crippen LogP contribution in [0.25, 0.3) is 0 Å². The van der Waals surface area contributed by atoms with Gasteiger partial charge in [-0.05, 0) is 0 Å². The largest absolute Gasteiger partial charge is 0.394 e. The lowest BCUT2D eigenvalue weighted by molar-refractivity contribution is -0.111. The summed E-state index contributed by atoms with van der Waals surface area (Å²) in [7, 11) is 0. The van der Waals surface area contributed by atoms with E-state index in [1.165, 1.54) is 0 Å². The Morgan fingerprint density at radius 2 is 2.00 bits per heavy atom. The summed E-state index contributed by atoms with van der Waals surface area (Å²) in [6.07, 6.45) is -2.20. The smallest absolute Gasteiger partial charge is 0.135 e. The van der Waals surface area contributed by atoms with Crippen LogP contribution < -0.4 is 0 Å². The number of hydrogen-bond donors (Lipinski definition) is 4. The first-order valence-electron chi connectivity index (χ1n) is 2.73. The van der Waals surface area contributed by atoms with E-state index in [9.17, 15) is 4.79 Å². The molecule has 3 atom stereocenters. The van der Waals surface area contributed by atoms with Gasteiger partial charge < -0.3 is 20.1 Å². The van der Waals surface area contributed by atoms with Crippen LogP contribution in [-0.4, -0.2) is 45.7 Å². The van der Waals surface area contributed by atoms with Gasteiger partial charge in [0.25, 0.3) is 0 Å². The van der Waals surface area contributed by atoms with Crippen LogP contribution in [0.2, 0.25) is 0 Å². The number of hydrogen-bond acceptors (Lipinski definition) is 5. The maximum Gasteiger partial charge on any atom is 0.135 e. The lowest BCUT2D eigenvalue weighted by Gasteiger charge is -2.16. The molecule has 10 heavy (non-hydrogen) atoms. The highest BCUT2D eigenvalue weighted by molar-refractivity contribution is 7.81. The Balaban J connectivity index is 3.80. The Morgan fingerprint density at radius 1 is 1.50 bits per heavy atom. The fraction of sp³-hybridized carbons (Fsp3) is 0.800. The third-order valence-electron chi connectivity index (χ3n) is 1.07. The van der Waals surface area contributed by atoms with Crippen molar-refractivity contribution >= 4 is 18.9 Å². The minimum Gasteiger partial charge on any atom is -0.394 e. The summed E-state index contributed by atoms with van der Waals surface area (Å²) in [4.78, 5) is 9.94. The second kappa shape index (κ2) is 4.68. The number of carbonyl (C=O) groups is 1. The zero-order chi connectivity index (χ0) is 8.15. The van der Waals surface area contributed by atoms with Gasteiger partial charge in [-0.3, -0.25) is 0 Å². The van der Waals surface area contributed by atoms with E-state index in [4.69, 9.17) is 15.3 Å². The van der Waals surface area contributed by atoms with Crippen molar-refractivity contribution in [2.75, 3.05) is 6.61 Å². The highest BCUT2D eigenvalue weighted by Gasteiger charge is 2.21.